The molecular formula is C22H26IN3OS. The van der Waals surface area contributed by atoms with Crippen LogP contribution >= 0.6 is 35.7 Å². The van der Waals surface area contributed by atoms with Gasteiger partial charge >= 0.3 is 0 Å². The zero-order valence-corrected chi connectivity index (χ0v) is 19.7. The van der Waals surface area contributed by atoms with Crippen molar-refractivity contribution < 1.29 is 4.74 Å². The van der Waals surface area contributed by atoms with Crippen molar-refractivity contribution in [3.8, 4) is 5.75 Å². The van der Waals surface area contributed by atoms with E-state index in [1.54, 1.807) is 18.9 Å². The van der Waals surface area contributed by atoms with Gasteiger partial charge in [-0.15, -0.1) is 24.0 Å². The summed E-state index contributed by atoms with van der Waals surface area (Å²) in [6.45, 7) is 2.10. The SMILES string of the molecule is COc1ccc(N2C(SC)=NC(=Nc3cccc(C)c3)C23CCCC3)cc1.I. The van der Waals surface area contributed by atoms with E-state index in [4.69, 9.17) is 14.7 Å². The number of aryl methyl sites for hydroxylation is 1. The predicted octanol–water partition coefficient (Wildman–Crippen LogP) is 6.20. The molecule has 148 valence electrons. The molecule has 28 heavy (non-hydrogen) atoms. The lowest BCUT2D eigenvalue weighted by atomic mass is 9.94. The average molecular weight is 507 g/mol. The molecule has 6 heteroatoms. The van der Waals surface area contributed by atoms with Crippen LogP contribution in [0.4, 0.5) is 11.4 Å². The van der Waals surface area contributed by atoms with E-state index in [2.05, 4.69) is 54.5 Å². The number of thioether (sulfide) groups is 1. The van der Waals surface area contributed by atoms with Crippen molar-refractivity contribution in [1.82, 2.24) is 0 Å². The summed E-state index contributed by atoms with van der Waals surface area (Å²) in [5.74, 6) is 1.82. The van der Waals surface area contributed by atoms with Crippen LogP contribution in [-0.4, -0.2) is 29.9 Å². The third-order valence-electron chi connectivity index (χ3n) is 5.42. The summed E-state index contributed by atoms with van der Waals surface area (Å²) in [6.07, 6.45) is 6.66. The van der Waals surface area contributed by atoms with Crippen LogP contribution in [0.25, 0.3) is 0 Å². The normalized spacial score (nSPS) is 19.0. The van der Waals surface area contributed by atoms with E-state index in [0.717, 1.165) is 41.0 Å². The first-order valence-corrected chi connectivity index (χ1v) is 10.6. The minimum atomic E-state index is -0.142. The Morgan fingerprint density at radius 1 is 1.11 bits per heavy atom. The Morgan fingerprint density at radius 3 is 2.43 bits per heavy atom. The van der Waals surface area contributed by atoms with Crippen molar-refractivity contribution in [2.75, 3.05) is 18.3 Å². The number of nitrogens with zero attached hydrogens (tertiary/aromatic N) is 3. The lowest BCUT2D eigenvalue weighted by molar-refractivity contribution is 0.415. The van der Waals surface area contributed by atoms with Gasteiger partial charge in [-0.25, -0.2) is 9.98 Å². The van der Waals surface area contributed by atoms with E-state index in [1.165, 1.54) is 18.4 Å². The topological polar surface area (TPSA) is 37.2 Å². The molecule has 0 unspecified atom stereocenters. The highest BCUT2D eigenvalue weighted by Crippen LogP contribution is 2.45. The van der Waals surface area contributed by atoms with Gasteiger partial charge in [0.15, 0.2) is 11.0 Å². The molecule has 0 aromatic heterocycles. The van der Waals surface area contributed by atoms with Crippen LogP contribution in [0.15, 0.2) is 58.5 Å². The maximum absolute atomic E-state index is 5.34. The first-order valence-electron chi connectivity index (χ1n) is 9.39. The summed E-state index contributed by atoms with van der Waals surface area (Å²) in [7, 11) is 1.70. The molecule has 2 aromatic carbocycles. The first kappa shape index (κ1) is 21.2. The molecule has 0 N–H and O–H groups in total. The number of benzene rings is 2. The summed E-state index contributed by atoms with van der Waals surface area (Å²) < 4.78 is 5.34. The fraction of sp³-hybridized carbons (Fsp3) is 0.364. The summed E-state index contributed by atoms with van der Waals surface area (Å²) in [4.78, 5) is 12.4. The number of ether oxygens (including phenoxy) is 1. The standard InChI is InChI=1S/C22H25N3OS.HI/c1-16-7-6-8-17(15-16)23-20-22(13-4-5-14-22)25(21(24-20)27-3)18-9-11-19(26-2)12-10-18;/h6-12,15H,4-5,13-14H2,1-3H3;1H. The minimum absolute atomic E-state index is 0. The molecule has 0 atom stereocenters. The quantitative estimate of drug-likeness (QED) is 0.464. The van der Waals surface area contributed by atoms with Gasteiger partial charge in [-0.1, -0.05) is 36.7 Å². The van der Waals surface area contributed by atoms with Gasteiger partial charge in [-0.2, -0.15) is 0 Å². The van der Waals surface area contributed by atoms with Crippen molar-refractivity contribution in [2.45, 2.75) is 38.1 Å². The summed E-state index contributed by atoms with van der Waals surface area (Å²) in [6, 6.07) is 16.6. The molecule has 1 aliphatic carbocycles. The smallest absolute Gasteiger partial charge is 0.170 e. The molecule has 0 bridgehead atoms. The molecule has 4 rings (SSSR count). The van der Waals surface area contributed by atoms with E-state index < -0.39 is 0 Å². The highest BCUT2D eigenvalue weighted by atomic mass is 127. The second-order valence-corrected chi connectivity index (χ2v) is 7.92. The van der Waals surface area contributed by atoms with Crippen molar-refractivity contribution in [1.29, 1.82) is 0 Å². The highest BCUT2D eigenvalue weighted by Gasteiger charge is 2.50. The number of aliphatic imine (C=N–C) groups is 2. The molecule has 1 spiro atoms. The van der Waals surface area contributed by atoms with Crippen molar-refractivity contribution in [3.63, 3.8) is 0 Å². The third kappa shape index (κ3) is 3.81. The van der Waals surface area contributed by atoms with Gasteiger partial charge < -0.3 is 9.64 Å². The molecule has 1 heterocycles. The van der Waals surface area contributed by atoms with Gasteiger partial charge in [-0.3, -0.25) is 0 Å². The second-order valence-electron chi connectivity index (χ2n) is 7.15. The van der Waals surface area contributed by atoms with Gasteiger partial charge in [0.1, 0.15) is 11.3 Å². The van der Waals surface area contributed by atoms with Gasteiger partial charge in [0, 0.05) is 5.69 Å². The van der Waals surface area contributed by atoms with Gasteiger partial charge in [0.25, 0.3) is 0 Å². The number of amidine groups is 2. The van der Waals surface area contributed by atoms with Crippen LogP contribution in [0.1, 0.15) is 31.2 Å². The monoisotopic (exact) mass is 507 g/mol. The van der Waals surface area contributed by atoms with E-state index in [1.807, 2.05) is 12.1 Å². The Labute approximate surface area is 188 Å². The molecule has 1 saturated carbocycles. The lowest BCUT2D eigenvalue weighted by Gasteiger charge is -2.36. The van der Waals surface area contributed by atoms with Crippen LogP contribution in [0, 0.1) is 6.92 Å². The van der Waals surface area contributed by atoms with E-state index in [0.29, 0.717) is 0 Å². The molecule has 2 aromatic rings. The van der Waals surface area contributed by atoms with E-state index in [-0.39, 0.29) is 29.5 Å². The molecule has 0 radical (unpaired) electrons. The summed E-state index contributed by atoms with van der Waals surface area (Å²) in [5, 5.41) is 1.02. The van der Waals surface area contributed by atoms with Crippen LogP contribution in [-0.2, 0) is 0 Å². The number of rotatable bonds is 3. The largest absolute Gasteiger partial charge is 0.497 e. The van der Waals surface area contributed by atoms with Gasteiger partial charge in [0.05, 0.1) is 12.8 Å². The highest BCUT2D eigenvalue weighted by molar-refractivity contribution is 14.0. The molecule has 4 nitrogen and oxygen atoms in total. The lowest BCUT2D eigenvalue weighted by Crippen LogP contribution is -2.49. The maximum atomic E-state index is 5.34. The Kier molecular flexibility index (Phi) is 6.70. The molecule has 0 saturated heterocycles. The fourth-order valence-corrected chi connectivity index (χ4v) is 4.75. The van der Waals surface area contributed by atoms with Crippen LogP contribution in [0.3, 0.4) is 0 Å². The zero-order valence-electron chi connectivity index (χ0n) is 16.5. The summed E-state index contributed by atoms with van der Waals surface area (Å²) in [5.41, 5.74) is 3.21. The van der Waals surface area contributed by atoms with E-state index >= 15 is 0 Å². The van der Waals surface area contributed by atoms with Crippen molar-refractivity contribution >= 4 is 58.1 Å². The Morgan fingerprint density at radius 2 is 1.82 bits per heavy atom. The molecule has 1 fully saturated rings. The zero-order chi connectivity index (χ0) is 18.9. The van der Waals surface area contributed by atoms with Crippen molar-refractivity contribution in [3.05, 3.63) is 54.1 Å². The Bertz CT molecular complexity index is 889. The second kappa shape index (κ2) is 8.86. The number of hydrogen-bond donors (Lipinski definition) is 0. The van der Waals surface area contributed by atoms with Crippen LogP contribution in [0.5, 0.6) is 5.75 Å². The van der Waals surface area contributed by atoms with E-state index in [9.17, 15) is 0 Å². The third-order valence-corrected chi connectivity index (χ3v) is 6.06. The number of hydrogen-bond acceptors (Lipinski definition) is 4. The average Bonchev–Trinajstić information content (AvgIpc) is 3.28. The number of anilines is 1. The molecule has 0 amide bonds. The maximum Gasteiger partial charge on any atom is 0.170 e. The van der Waals surface area contributed by atoms with Gasteiger partial charge in [-0.05, 0) is 68.0 Å². The number of halogens is 1. The summed E-state index contributed by atoms with van der Waals surface area (Å²) >= 11 is 1.69. The molecular weight excluding hydrogens is 481 g/mol. The predicted molar refractivity (Wildman–Crippen MR) is 131 cm³/mol. The fourth-order valence-electron chi connectivity index (χ4n) is 4.11. The van der Waals surface area contributed by atoms with Crippen LogP contribution < -0.4 is 9.64 Å². The first-order chi connectivity index (χ1) is 13.2. The molecule has 2 aliphatic rings. The van der Waals surface area contributed by atoms with Crippen molar-refractivity contribution in [2.24, 2.45) is 9.98 Å². The van der Waals surface area contributed by atoms with Crippen LogP contribution in [0.2, 0.25) is 0 Å². The Balaban J connectivity index is 0.00000225. The number of methoxy groups -OCH3 is 1. The molecule has 1 aliphatic heterocycles. The minimum Gasteiger partial charge on any atom is -0.497 e. The van der Waals surface area contributed by atoms with Gasteiger partial charge in [0.2, 0.25) is 0 Å². The Hall–Kier alpha value is -1.54.